The molecule has 3 aromatic rings. The smallest absolute Gasteiger partial charge is 0.264 e. The molecule has 4 aliphatic rings. The number of fused-ring (bicyclic) bond motifs is 2. The number of carbonyl (C=O) groups excluding carboxylic acids is 3. The third kappa shape index (κ3) is 5.54. The number of allylic oxidation sites excluding steroid dienone is 1. The van der Waals surface area contributed by atoms with Crippen LogP contribution in [0.15, 0.2) is 86.1 Å². The second kappa shape index (κ2) is 12.4. The third-order valence-corrected chi connectivity index (χ3v) is 10.2. The first kappa shape index (κ1) is 31.3. The maximum Gasteiger partial charge on any atom is 0.264 e. The van der Waals surface area contributed by atoms with E-state index in [0.29, 0.717) is 35.8 Å². The van der Waals surface area contributed by atoms with Gasteiger partial charge in [0.15, 0.2) is 12.1 Å². The van der Waals surface area contributed by atoms with Crippen LogP contribution in [0.2, 0.25) is 20.1 Å². The second-order valence-corrected chi connectivity index (χ2v) is 14.0. The summed E-state index contributed by atoms with van der Waals surface area (Å²) in [6.07, 6.45) is 4.34. The van der Waals surface area contributed by atoms with E-state index in [4.69, 9.17) is 51.5 Å². The van der Waals surface area contributed by atoms with Gasteiger partial charge in [0, 0.05) is 30.5 Å². The van der Waals surface area contributed by atoms with E-state index in [2.05, 4.69) is 26.3 Å². The average Bonchev–Trinajstić information content (AvgIpc) is 3.68. The lowest BCUT2D eigenvalue weighted by Gasteiger charge is -2.31. The zero-order valence-electron chi connectivity index (χ0n) is 23.8. The molecule has 3 heterocycles. The molecule has 7 rings (SSSR count). The van der Waals surface area contributed by atoms with Crippen molar-refractivity contribution in [1.82, 2.24) is 10.0 Å². The highest BCUT2D eigenvalue weighted by Crippen LogP contribution is 2.47. The Labute approximate surface area is 292 Å². The number of benzene rings is 3. The van der Waals surface area contributed by atoms with E-state index in [0.717, 1.165) is 41.0 Å². The summed E-state index contributed by atoms with van der Waals surface area (Å²) in [6.45, 7) is -0.330. The molecule has 0 aromatic heterocycles. The SMILES string of the molecule is O=C1[C@@H]2[C@@H](N=NN2CC(=O)N2N=C3/C(=C/c4ccc(Cl)cc4Cl)CCC[C@H]3[C@H]2c2ccc(Cl)cc2Cl)C(=O)N1c1cccc(Br)c1. The van der Waals surface area contributed by atoms with E-state index < -0.39 is 35.8 Å². The van der Waals surface area contributed by atoms with E-state index >= 15 is 0 Å². The highest BCUT2D eigenvalue weighted by Gasteiger charge is 2.55. The zero-order chi connectivity index (χ0) is 32.3. The van der Waals surface area contributed by atoms with Gasteiger partial charge in [-0.15, -0.1) is 0 Å². The molecule has 1 saturated carbocycles. The Morgan fingerprint density at radius 3 is 2.43 bits per heavy atom. The Bertz CT molecular complexity index is 1900. The van der Waals surface area contributed by atoms with Crippen LogP contribution in [0.5, 0.6) is 0 Å². The van der Waals surface area contributed by atoms with Crippen LogP contribution in [0.1, 0.15) is 36.4 Å². The number of nitrogens with zero attached hydrogens (tertiary/aromatic N) is 6. The molecule has 4 atom stereocenters. The topological polar surface area (TPSA) is 98.0 Å². The van der Waals surface area contributed by atoms with Gasteiger partial charge in [-0.2, -0.15) is 10.2 Å². The van der Waals surface area contributed by atoms with Crippen molar-refractivity contribution in [3.05, 3.63) is 102 Å². The Morgan fingerprint density at radius 2 is 1.70 bits per heavy atom. The average molecular weight is 761 g/mol. The standard InChI is InChI=1S/C32H23BrCl4N6O3/c33-18-4-2-5-21(12-18)42-31(45)28-30(32(42)46)41(40-38-28)15-26(44)43-29(22-10-9-20(35)14-25(22)37)23-6-1-3-17(27(23)39-43)11-16-7-8-19(34)13-24(16)36/h2,4-5,7-14,23,28-30H,1,3,6,15H2/b17-11+/t23-,28-,29-,30+/m1/s1. The number of hydrogen-bond acceptors (Lipinski definition) is 7. The molecule has 234 valence electrons. The number of rotatable bonds is 5. The van der Waals surface area contributed by atoms with E-state index in [1.54, 1.807) is 48.5 Å². The molecule has 0 N–H and O–H groups in total. The molecular formula is C32H23BrCl4N6O3. The van der Waals surface area contributed by atoms with Crippen molar-refractivity contribution in [3.8, 4) is 0 Å². The summed E-state index contributed by atoms with van der Waals surface area (Å²) < 4.78 is 0.713. The van der Waals surface area contributed by atoms with Crippen LogP contribution in [0.25, 0.3) is 6.08 Å². The maximum atomic E-state index is 14.2. The molecule has 9 nitrogen and oxygen atoms in total. The normalized spacial score (nSPS) is 24.6. The predicted octanol–water partition coefficient (Wildman–Crippen LogP) is 8.18. The first-order valence-electron chi connectivity index (χ1n) is 14.4. The fourth-order valence-electron chi connectivity index (χ4n) is 6.50. The van der Waals surface area contributed by atoms with Gasteiger partial charge in [0.05, 0.1) is 17.4 Å². The van der Waals surface area contributed by atoms with Gasteiger partial charge >= 0.3 is 0 Å². The lowest BCUT2D eigenvalue weighted by molar-refractivity contribution is -0.136. The van der Waals surface area contributed by atoms with Crippen molar-refractivity contribution in [2.75, 3.05) is 11.4 Å². The number of hydrogen-bond donors (Lipinski definition) is 0. The third-order valence-electron chi connectivity index (χ3n) is 8.55. The molecule has 2 fully saturated rings. The fraction of sp³-hybridized carbons (Fsp3) is 0.250. The number of imide groups is 1. The van der Waals surface area contributed by atoms with Crippen molar-refractivity contribution in [1.29, 1.82) is 0 Å². The first-order chi connectivity index (χ1) is 22.1. The van der Waals surface area contributed by atoms with Gasteiger partial charge in [-0.1, -0.05) is 85.8 Å². The van der Waals surface area contributed by atoms with Gasteiger partial charge in [0.2, 0.25) is 0 Å². The quantitative estimate of drug-likeness (QED) is 0.245. The number of carbonyl (C=O) groups is 3. The van der Waals surface area contributed by atoms with Crippen LogP contribution in [0.3, 0.4) is 0 Å². The highest BCUT2D eigenvalue weighted by molar-refractivity contribution is 9.10. The Morgan fingerprint density at radius 1 is 0.935 bits per heavy atom. The van der Waals surface area contributed by atoms with Gasteiger partial charge in [0.1, 0.15) is 6.54 Å². The molecule has 0 spiro atoms. The minimum Gasteiger partial charge on any atom is -0.271 e. The summed E-state index contributed by atoms with van der Waals surface area (Å²) >= 11 is 29.0. The van der Waals surface area contributed by atoms with Crippen molar-refractivity contribution < 1.29 is 14.4 Å². The summed E-state index contributed by atoms with van der Waals surface area (Å²) in [5.41, 5.74) is 3.61. The van der Waals surface area contributed by atoms with Crippen LogP contribution in [-0.4, -0.2) is 52.1 Å². The summed E-state index contributed by atoms with van der Waals surface area (Å²) in [6, 6.07) is 14.7. The van der Waals surface area contributed by atoms with Gasteiger partial charge in [-0.25, -0.2) is 9.91 Å². The van der Waals surface area contributed by atoms with Gasteiger partial charge in [0.25, 0.3) is 17.7 Å². The lowest BCUT2D eigenvalue weighted by Crippen LogP contribution is -2.45. The molecule has 0 bridgehead atoms. The van der Waals surface area contributed by atoms with E-state index in [1.807, 2.05) is 18.2 Å². The van der Waals surface area contributed by atoms with Gasteiger partial charge in [-0.05, 0) is 84.5 Å². The van der Waals surface area contributed by atoms with Gasteiger partial charge < -0.3 is 0 Å². The number of anilines is 1. The number of amides is 3. The molecule has 3 aromatic carbocycles. The summed E-state index contributed by atoms with van der Waals surface area (Å²) in [7, 11) is 0. The predicted molar refractivity (Wildman–Crippen MR) is 181 cm³/mol. The van der Waals surface area contributed by atoms with Gasteiger partial charge in [-0.3, -0.25) is 19.4 Å². The Kier molecular flexibility index (Phi) is 8.44. The van der Waals surface area contributed by atoms with Crippen LogP contribution in [-0.2, 0) is 14.4 Å². The molecule has 0 radical (unpaired) electrons. The van der Waals surface area contributed by atoms with Crippen molar-refractivity contribution in [2.45, 2.75) is 37.4 Å². The summed E-state index contributed by atoms with van der Waals surface area (Å²) in [5, 5.41) is 17.7. The molecule has 1 saturated heterocycles. The lowest BCUT2D eigenvalue weighted by atomic mass is 9.77. The van der Waals surface area contributed by atoms with Crippen LogP contribution < -0.4 is 4.90 Å². The Hall–Kier alpha value is -3.28. The second-order valence-electron chi connectivity index (χ2n) is 11.4. The molecule has 1 aliphatic carbocycles. The van der Waals surface area contributed by atoms with Crippen LogP contribution in [0.4, 0.5) is 5.69 Å². The van der Waals surface area contributed by atoms with Crippen molar-refractivity contribution >= 4 is 97.5 Å². The number of hydrazone groups is 1. The number of halogens is 5. The summed E-state index contributed by atoms with van der Waals surface area (Å²) in [4.78, 5) is 42.1. The molecule has 14 heteroatoms. The minimum atomic E-state index is -1.05. The molecule has 46 heavy (non-hydrogen) atoms. The van der Waals surface area contributed by atoms with E-state index in [9.17, 15) is 14.4 Å². The van der Waals surface area contributed by atoms with Crippen molar-refractivity contribution in [3.63, 3.8) is 0 Å². The zero-order valence-corrected chi connectivity index (χ0v) is 28.4. The molecule has 0 unspecified atom stereocenters. The van der Waals surface area contributed by atoms with Crippen molar-refractivity contribution in [2.24, 2.45) is 21.4 Å². The first-order valence-corrected chi connectivity index (χ1v) is 16.7. The van der Waals surface area contributed by atoms with Crippen LogP contribution >= 0.6 is 62.3 Å². The fourth-order valence-corrected chi connectivity index (χ4v) is 7.87. The largest absolute Gasteiger partial charge is 0.271 e. The van der Waals surface area contributed by atoms with E-state index in [1.165, 1.54) is 10.0 Å². The van der Waals surface area contributed by atoms with E-state index in [-0.39, 0.29) is 12.5 Å². The minimum absolute atomic E-state index is 0.164. The Balaban J connectivity index is 1.21. The molecule has 3 aliphatic heterocycles. The highest BCUT2D eigenvalue weighted by atomic mass is 79.9. The molecule has 3 amide bonds. The monoisotopic (exact) mass is 758 g/mol. The maximum absolute atomic E-state index is 14.2. The van der Waals surface area contributed by atoms with Crippen LogP contribution in [0, 0.1) is 5.92 Å². The summed E-state index contributed by atoms with van der Waals surface area (Å²) in [5.74, 6) is -1.60. The molecular weight excluding hydrogens is 738 g/mol.